The molecule has 0 radical (unpaired) electrons. The summed E-state index contributed by atoms with van der Waals surface area (Å²) in [4.78, 5) is 14.0. The van der Waals surface area contributed by atoms with Gasteiger partial charge in [-0.2, -0.15) is 0 Å². The maximum atomic E-state index is 13.3. The predicted octanol–water partition coefficient (Wildman–Crippen LogP) is 5.64. The van der Waals surface area contributed by atoms with Crippen LogP contribution in [0.3, 0.4) is 0 Å². The quantitative estimate of drug-likeness (QED) is 0.646. The van der Waals surface area contributed by atoms with E-state index in [2.05, 4.69) is 5.32 Å². The molecule has 1 aromatic carbocycles. The Hall–Kier alpha value is -1.43. The van der Waals surface area contributed by atoms with Gasteiger partial charge >= 0.3 is 0 Å². The first-order valence-electron chi connectivity index (χ1n) is 6.82. The molecule has 6 heteroatoms. The van der Waals surface area contributed by atoms with Crippen molar-refractivity contribution in [2.24, 2.45) is 0 Å². The van der Waals surface area contributed by atoms with Crippen molar-refractivity contribution < 1.29 is 9.18 Å². The van der Waals surface area contributed by atoms with Gasteiger partial charge in [-0.3, -0.25) is 4.79 Å². The lowest BCUT2D eigenvalue weighted by molar-refractivity contribution is 0.0940. The fraction of sp³-hybridized carbons (Fsp3) is 0.188. The van der Waals surface area contributed by atoms with Crippen LogP contribution in [-0.2, 0) is 0 Å². The van der Waals surface area contributed by atoms with Crippen LogP contribution in [0.1, 0.15) is 33.9 Å². The summed E-state index contributed by atoms with van der Waals surface area (Å²) in [5, 5.41) is 6.09. The van der Waals surface area contributed by atoms with Crippen molar-refractivity contribution in [2.75, 3.05) is 0 Å². The molecule has 2 aromatic heterocycles. The Labute approximate surface area is 140 Å². The fourth-order valence-electron chi connectivity index (χ4n) is 2.27. The third-order valence-corrected chi connectivity index (χ3v) is 6.04. The first-order chi connectivity index (χ1) is 10.6. The zero-order valence-corrected chi connectivity index (χ0v) is 14.1. The normalized spacial score (nSPS) is 12.5. The van der Waals surface area contributed by atoms with Crippen LogP contribution in [0.25, 0.3) is 10.1 Å². The minimum absolute atomic E-state index is 0.0366. The van der Waals surface area contributed by atoms with Gasteiger partial charge in [-0.25, -0.2) is 4.39 Å². The number of carbonyl (C=O) groups excluding carboxylic acids is 1. The molecule has 22 heavy (non-hydrogen) atoms. The van der Waals surface area contributed by atoms with Gasteiger partial charge in [-0.15, -0.1) is 22.7 Å². The van der Waals surface area contributed by atoms with E-state index in [0.717, 1.165) is 11.3 Å². The maximum Gasteiger partial charge on any atom is 0.263 e. The van der Waals surface area contributed by atoms with Crippen molar-refractivity contribution in [1.29, 1.82) is 0 Å². The number of carbonyl (C=O) groups is 1. The van der Waals surface area contributed by atoms with Crippen LogP contribution in [0.5, 0.6) is 0 Å². The van der Waals surface area contributed by atoms with E-state index in [1.807, 2.05) is 24.4 Å². The summed E-state index contributed by atoms with van der Waals surface area (Å²) in [6.07, 6.45) is 0.795. The smallest absolute Gasteiger partial charge is 0.263 e. The number of nitrogens with one attached hydrogen (secondary N) is 1. The molecule has 3 aromatic rings. The number of hydrogen-bond acceptors (Lipinski definition) is 3. The Morgan fingerprint density at radius 1 is 1.41 bits per heavy atom. The largest absolute Gasteiger partial charge is 0.344 e. The topological polar surface area (TPSA) is 29.1 Å². The molecule has 3 rings (SSSR count). The van der Waals surface area contributed by atoms with Gasteiger partial charge in [0, 0.05) is 15.0 Å². The van der Waals surface area contributed by atoms with E-state index in [4.69, 9.17) is 11.6 Å². The van der Waals surface area contributed by atoms with Gasteiger partial charge < -0.3 is 5.32 Å². The van der Waals surface area contributed by atoms with Crippen LogP contribution in [-0.4, -0.2) is 5.91 Å². The van der Waals surface area contributed by atoms with Gasteiger partial charge in [0.05, 0.1) is 11.1 Å². The number of hydrogen-bond donors (Lipinski definition) is 1. The zero-order valence-electron chi connectivity index (χ0n) is 11.7. The third-order valence-electron chi connectivity index (χ3n) is 3.40. The zero-order chi connectivity index (χ0) is 15.7. The molecule has 2 nitrogen and oxygen atoms in total. The fourth-order valence-corrected chi connectivity index (χ4v) is 4.58. The molecule has 0 saturated heterocycles. The lowest BCUT2D eigenvalue weighted by Crippen LogP contribution is -2.27. The van der Waals surface area contributed by atoms with Gasteiger partial charge in [0.15, 0.2) is 0 Å². The van der Waals surface area contributed by atoms with Crippen molar-refractivity contribution >= 4 is 50.3 Å². The molecule has 1 N–H and O–H groups in total. The minimum atomic E-state index is -0.331. The Kier molecular flexibility index (Phi) is 4.47. The molecule has 0 saturated carbocycles. The third kappa shape index (κ3) is 2.89. The second kappa shape index (κ2) is 6.36. The summed E-state index contributed by atoms with van der Waals surface area (Å²) < 4.78 is 14.0. The molecule has 114 valence electrons. The Balaban J connectivity index is 1.90. The highest BCUT2D eigenvalue weighted by molar-refractivity contribution is 7.21. The van der Waals surface area contributed by atoms with Gasteiger partial charge in [0.2, 0.25) is 0 Å². The van der Waals surface area contributed by atoms with Gasteiger partial charge in [-0.1, -0.05) is 24.6 Å². The first kappa shape index (κ1) is 15.5. The standard InChI is InChI=1S/C16H13ClFNOS2/c1-2-11(12-4-3-7-21-12)19-16(20)15-14(17)10-6-5-9(18)8-13(10)22-15/h3-8,11H,2H2,1H3,(H,19,20). The molecule has 1 unspecified atom stereocenters. The molecule has 0 aliphatic carbocycles. The minimum Gasteiger partial charge on any atom is -0.344 e. The first-order valence-corrected chi connectivity index (χ1v) is 8.89. The molecular weight excluding hydrogens is 341 g/mol. The molecule has 2 heterocycles. The summed E-state index contributed by atoms with van der Waals surface area (Å²) >= 11 is 9.11. The van der Waals surface area contributed by atoms with E-state index < -0.39 is 0 Å². The summed E-state index contributed by atoms with van der Waals surface area (Å²) in [6, 6.07) is 8.29. The molecule has 0 aliphatic rings. The summed E-state index contributed by atoms with van der Waals surface area (Å²) in [5.74, 6) is -0.547. The molecular formula is C16H13ClFNOS2. The van der Waals surface area contributed by atoms with E-state index in [1.165, 1.54) is 23.5 Å². The summed E-state index contributed by atoms with van der Waals surface area (Å²) in [5.41, 5.74) is 0. The van der Waals surface area contributed by atoms with E-state index in [0.29, 0.717) is 20.0 Å². The molecule has 0 bridgehead atoms. The number of thiophene rings is 2. The highest BCUT2D eigenvalue weighted by atomic mass is 35.5. The van der Waals surface area contributed by atoms with E-state index in [9.17, 15) is 9.18 Å². The second-order valence-corrected chi connectivity index (χ2v) is 7.24. The number of rotatable bonds is 4. The van der Waals surface area contributed by atoms with Crippen LogP contribution in [0.2, 0.25) is 5.02 Å². The van der Waals surface area contributed by atoms with Crippen LogP contribution in [0.4, 0.5) is 4.39 Å². The lowest BCUT2D eigenvalue weighted by atomic mass is 10.2. The van der Waals surface area contributed by atoms with Crippen molar-refractivity contribution in [3.05, 3.63) is 56.3 Å². The number of halogens is 2. The maximum absolute atomic E-state index is 13.3. The van der Waals surface area contributed by atoms with Crippen molar-refractivity contribution in [1.82, 2.24) is 5.32 Å². The highest BCUT2D eigenvalue weighted by Crippen LogP contribution is 2.36. The van der Waals surface area contributed by atoms with E-state index in [1.54, 1.807) is 17.4 Å². The van der Waals surface area contributed by atoms with E-state index >= 15 is 0 Å². The van der Waals surface area contributed by atoms with Gasteiger partial charge in [0.1, 0.15) is 10.7 Å². The van der Waals surface area contributed by atoms with Crippen LogP contribution < -0.4 is 5.32 Å². The Morgan fingerprint density at radius 3 is 2.91 bits per heavy atom. The van der Waals surface area contributed by atoms with Crippen LogP contribution in [0, 0.1) is 5.82 Å². The average molecular weight is 354 g/mol. The number of benzene rings is 1. The summed E-state index contributed by atoms with van der Waals surface area (Å²) in [6.45, 7) is 2.02. The molecule has 0 fully saturated rings. The van der Waals surface area contributed by atoms with Crippen molar-refractivity contribution in [3.63, 3.8) is 0 Å². The highest BCUT2D eigenvalue weighted by Gasteiger charge is 2.20. The molecule has 0 spiro atoms. The SMILES string of the molecule is CCC(NC(=O)c1sc2cc(F)ccc2c1Cl)c1cccs1. The van der Waals surface area contributed by atoms with Crippen molar-refractivity contribution in [2.45, 2.75) is 19.4 Å². The van der Waals surface area contributed by atoms with Crippen LogP contribution in [0.15, 0.2) is 35.7 Å². The molecule has 1 amide bonds. The molecule has 0 aliphatic heterocycles. The number of amides is 1. The second-order valence-electron chi connectivity index (χ2n) is 4.84. The van der Waals surface area contributed by atoms with Gasteiger partial charge in [-0.05, 0) is 36.1 Å². The lowest BCUT2D eigenvalue weighted by Gasteiger charge is -2.14. The average Bonchev–Trinajstić information content (AvgIpc) is 3.13. The summed E-state index contributed by atoms with van der Waals surface area (Å²) in [7, 11) is 0. The molecule has 1 atom stereocenters. The van der Waals surface area contributed by atoms with Gasteiger partial charge in [0.25, 0.3) is 5.91 Å². The monoisotopic (exact) mass is 353 g/mol. The van der Waals surface area contributed by atoms with Crippen LogP contribution >= 0.6 is 34.3 Å². The van der Waals surface area contributed by atoms with Crippen molar-refractivity contribution in [3.8, 4) is 0 Å². The predicted molar refractivity (Wildman–Crippen MR) is 91.6 cm³/mol. The number of fused-ring (bicyclic) bond motifs is 1. The Bertz CT molecular complexity index is 813. The van der Waals surface area contributed by atoms with E-state index in [-0.39, 0.29) is 17.8 Å². The Morgan fingerprint density at radius 2 is 2.23 bits per heavy atom.